The van der Waals surface area contributed by atoms with Gasteiger partial charge in [0.1, 0.15) is 5.75 Å². The first-order valence-electron chi connectivity index (χ1n) is 8.15. The van der Waals surface area contributed by atoms with Crippen LogP contribution < -0.4 is 10.5 Å². The predicted octanol–water partition coefficient (Wildman–Crippen LogP) is 3.94. The van der Waals surface area contributed by atoms with Gasteiger partial charge in [-0.25, -0.2) is 0 Å². The Labute approximate surface area is 129 Å². The molecule has 1 fully saturated rings. The van der Waals surface area contributed by atoms with E-state index in [1.807, 2.05) is 24.3 Å². The molecule has 0 atom stereocenters. The summed E-state index contributed by atoms with van der Waals surface area (Å²) in [5.41, 5.74) is 6.99. The summed E-state index contributed by atoms with van der Waals surface area (Å²) < 4.78 is 5.75. The van der Waals surface area contributed by atoms with E-state index in [0.29, 0.717) is 5.41 Å². The van der Waals surface area contributed by atoms with Crippen LogP contribution >= 0.6 is 0 Å². The Bertz CT molecular complexity index is 417. The number of rotatable bonds is 6. The molecule has 0 heterocycles. The number of ether oxygens (including phenoxy) is 1. The van der Waals surface area contributed by atoms with Crippen molar-refractivity contribution in [2.24, 2.45) is 5.41 Å². The first-order chi connectivity index (χ1) is 9.96. The van der Waals surface area contributed by atoms with Crippen molar-refractivity contribution < 1.29 is 4.74 Å². The van der Waals surface area contributed by atoms with Crippen LogP contribution in [0.4, 0.5) is 5.69 Å². The van der Waals surface area contributed by atoms with Crippen LogP contribution in [-0.4, -0.2) is 31.1 Å². The van der Waals surface area contributed by atoms with Crippen molar-refractivity contribution in [3.05, 3.63) is 24.3 Å². The van der Waals surface area contributed by atoms with Gasteiger partial charge in [-0.15, -0.1) is 0 Å². The summed E-state index contributed by atoms with van der Waals surface area (Å²) in [6.45, 7) is 6.67. The summed E-state index contributed by atoms with van der Waals surface area (Å²) in [4.78, 5) is 2.52. The molecule has 1 saturated carbocycles. The standard InChI is InChI=1S/C18H30N2O/c1-18(2)11-9-16(10-12-18)20(3)13-4-14-21-17-7-5-15(19)6-8-17/h5-8,16H,4,9-14,19H2,1-3H3. The molecule has 3 nitrogen and oxygen atoms in total. The van der Waals surface area contributed by atoms with E-state index in [4.69, 9.17) is 10.5 Å². The number of nitrogen functional groups attached to an aromatic ring is 1. The quantitative estimate of drug-likeness (QED) is 0.637. The van der Waals surface area contributed by atoms with Gasteiger partial charge in [-0.3, -0.25) is 0 Å². The van der Waals surface area contributed by atoms with E-state index in [0.717, 1.165) is 37.1 Å². The molecular formula is C18H30N2O. The van der Waals surface area contributed by atoms with Crippen LogP contribution in [-0.2, 0) is 0 Å². The molecule has 0 bridgehead atoms. The van der Waals surface area contributed by atoms with Gasteiger partial charge in [-0.2, -0.15) is 0 Å². The van der Waals surface area contributed by atoms with Crippen molar-refractivity contribution in [2.45, 2.75) is 52.0 Å². The van der Waals surface area contributed by atoms with Gasteiger partial charge in [-0.1, -0.05) is 13.8 Å². The minimum Gasteiger partial charge on any atom is -0.494 e. The smallest absolute Gasteiger partial charge is 0.119 e. The average Bonchev–Trinajstić information content (AvgIpc) is 2.45. The molecule has 21 heavy (non-hydrogen) atoms. The summed E-state index contributed by atoms with van der Waals surface area (Å²) >= 11 is 0. The third-order valence-corrected chi connectivity index (χ3v) is 4.74. The topological polar surface area (TPSA) is 38.5 Å². The summed E-state index contributed by atoms with van der Waals surface area (Å²) in [5.74, 6) is 0.909. The van der Waals surface area contributed by atoms with Crippen LogP contribution in [0.1, 0.15) is 46.0 Å². The number of anilines is 1. The maximum Gasteiger partial charge on any atom is 0.119 e. The van der Waals surface area contributed by atoms with Gasteiger partial charge >= 0.3 is 0 Å². The average molecular weight is 290 g/mol. The lowest BCUT2D eigenvalue weighted by molar-refractivity contribution is 0.122. The van der Waals surface area contributed by atoms with E-state index < -0.39 is 0 Å². The Morgan fingerprint density at radius 3 is 2.43 bits per heavy atom. The SMILES string of the molecule is CN(CCCOc1ccc(N)cc1)C1CCC(C)(C)CC1. The number of hydrogen-bond acceptors (Lipinski definition) is 3. The Balaban J connectivity index is 1.63. The molecule has 1 aliphatic carbocycles. The zero-order valence-corrected chi connectivity index (χ0v) is 13.8. The molecule has 1 aromatic rings. The third-order valence-electron chi connectivity index (χ3n) is 4.74. The lowest BCUT2D eigenvalue weighted by Crippen LogP contribution is -2.38. The molecule has 0 amide bonds. The lowest BCUT2D eigenvalue weighted by Gasteiger charge is -2.38. The van der Waals surface area contributed by atoms with Crippen LogP contribution in [0.25, 0.3) is 0 Å². The Hall–Kier alpha value is -1.22. The molecule has 2 N–H and O–H groups in total. The van der Waals surface area contributed by atoms with Crippen LogP contribution in [0.15, 0.2) is 24.3 Å². The van der Waals surface area contributed by atoms with Crippen molar-refractivity contribution in [3.8, 4) is 5.75 Å². The molecule has 0 unspecified atom stereocenters. The minimum absolute atomic E-state index is 0.551. The molecular weight excluding hydrogens is 260 g/mol. The fourth-order valence-corrected chi connectivity index (χ4v) is 3.08. The highest BCUT2D eigenvalue weighted by atomic mass is 16.5. The zero-order valence-electron chi connectivity index (χ0n) is 13.8. The highest BCUT2D eigenvalue weighted by Crippen LogP contribution is 2.36. The number of nitrogens with zero attached hydrogens (tertiary/aromatic N) is 1. The largest absolute Gasteiger partial charge is 0.494 e. The number of nitrogens with two attached hydrogens (primary N) is 1. The van der Waals surface area contributed by atoms with E-state index in [9.17, 15) is 0 Å². The van der Waals surface area contributed by atoms with Gasteiger partial charge < -0.3 is 15.4 Å². The van der Waals surface area contributed by atoms with Crippen LogP contribution in [0.2, 0.25) is 0 Å². The molecule has 0 spiro atoms. The van der Waals surface area contributed by atoms with Gasteiger partial charge in [0.15, 0.2) is 0 Å². The van der Waals surface area contributed by atoms with E-state index in [1.165, 1.54) is 25.7 Å². The van der Waals surface area contributed by atoms with Crippen LogP contribution in [0.3, 0.4) is 0 Å². The minimum atomic E-state index is 0.551. The van der Waals surface area contributed by atoms with Gasteiger partial charge in [0.25, 0.3) is 0 Å². The lowest BCUT2D eigenvalue weighted by atomic mass is 9.75. The van der Waals surface area contributed by atoms with Crippen molar-refractivity contribution in [2.75, 3.05) is 25.9 Å². The second kappa shape index (κ2) is 7.17. The Morgan fingerprint density at radius 2 is 1.81 bits per heavy atom. The molecule has 2 rings (SSSR count). The monoisotopic (exact) mass is 290 g/mol. The summed E-state index contributed by atoms with van der Waals surface area (Å²) in [6.07, 6.45) is 6.44. The molecule has 0 aromatic heterocycles. The van der Waals surface area contributed by atoms with E-state index in [1.54, 1.807) is 0 Å². The van der Waals surface area contributed by atoms with Crippen LogP contribution in [0.5, 0.6) is 5.75 Å². The molecule has 0 radical (unpaired) electrons. The highest BCUT2D eigenvalue weighted by molar-refractivity contribution is 5.41. The van der Waals surface area contributed by atoms with E-state index >= 15 is 0 Å². The number of benzene rings is 1. The number of hydrogen-bond donors (Lipinski definition) is 1. The van der Waals surface area contributed by atoms with Crippen molar-refractivity contribution in [1.29, 1.82) is 0 Å². The fourth-order valence-electron chi connectivity index (χ4n) is 3.08. The molecule has 1 aromatic carbocycles. The van der Waals surface area contributed by atoms with E-state index in [-0.39, 0.29) is 0 Å². The highest BCUT2D eigenvalue weighted by Gasteiger charge is 2.28. The summed E-state index contributed by atoms with van der Waals surface area (Å²) in [5, 5.41) is 0. The van der Waals surface area contributed by atoms with Crippen molar-refractivity contribution in [1.82, 2.24) is 4.90 Å². The molecule has 0 aliphatic heterocycles. The summed E-state index contributed by atoms with van der Waals surface area (Å²) in [6, 6.07) is 8.38. The molecule has 118 valence electrons. The third kappa shape index (κ3) is 5.24. The van der Waals surface area contributed by atoms with Gasteiger partial charge in [0.2, 0.25) is 0 Å². The first-order valence-corrected chi connectivity index (χ1v) is 8.15. The van der Waals surface area contributed by atoms with Crippen molar-refractivity contribution in [3.63, 3.8) is 0 Å². The van der Waals surface area contributed by atoms with Gasteiger partial charge in [0, 0.05) is 18.3 Å². The zero-order chi connectivity index (χ0) is 15.3. The molecule has 3 heteroatoms. The first kappa shape index (κ1) is 16.2. The Morgan fingerprint density at radius 1 is 1.19 bits per heavy atom. The van der Waals surface area contributed by atoms with Crippen LogP contribution in [0, 0.1) is 5.41 Å². The normalized spacial score (nSPS) is 18.9. The van der Waals surface area contributed by atoms with E-state index in [2.05, 4.69) is 25.8 Å². The molecule has 1 aliphatic rings. The summed E-state index contributed by atoms with van der Waals surface area (Å²) in [7, 11) is 2.26. The second-order valence-electron chi connectivity index (χ2n) is 7.15. The fraction of sp³-hybridized carbons (Fsp3) is 0.667. The maximum atomic E-state index is 5.75. The van der Waals surface area contributed by atoms with Gasteiger partial charge in [-0.05, 0) is 68.8 Å². The predicted molar refractivity (Wildman–Crippen MR) is 89.6 cm³/mol. The van der Waals surface area contributed by atoms with Crippen molar-refractivity contribution >= 4 is 5.69 Å². The van der Waals surface area contributed by atoms with Gasteiger partial charge in [0.05, 0.1) is 6.61 Å². The molecule has 0 saturated heterocycles. The Kier molecular flexibility index (Phi) is 5.51. The maximum absolute atomic E-state index is 5.75. The second-order valence-corrected chi connectivity index (χ2v) is 7.15.